The first-order valence-corrected chi connectivity index (χ1v) is 7.21. The van der Waals surface area contributed by atoms with E-state index < -0.39 is 6.03 Å². The zero-order valence-electron chi connectivity index (χ0n) is 12.4. The molecule has 6 nitrogen and oxygen atoms in total. The molecule has 0 saturated heterocycles. The molecule has 2 aromatic rings. The van der Waals surface area contributed by atoms with Crippen LogP contribution in [0.2, 0.25) is 5.02 Å². The monoisotopic (exact) mass is 330 g/mol. The molecule has 1 heterocycles. The summed E-state index contributed by atoms with van der Waals surface area (Å²) >= 11 is 5.94. The Morgan fingerprint density at radius 2 is 1.91 bits per heavy atom. The molecule has 0 unspecified atom stereocenters. The molecule has 0 atom stereocenters. The molecular formula is C16H15ClN4O2. The number of urea groups is 1. The summed E-state index contributed by atoms with van der Waals surface area (Å²) in [4.78, 5) is 12.2. The summed E-state index contributed by atoms with van der Waals surface area (Å²) in [7, 11) is 1.53. The number of amides is 2. The molecule has 0 fully saturated rings. The number of carbonyl (C=O) groups excluding carboxylic acids is 1. The topological polar surface area (TPSA) is 74.4 Å². The Hall–Kier alpha value is -2.86. The fourth-order valence-electron chi connectivity index (χ4n) is 2.25. The molecule has 4 N–H and O–H groups in total. The average molecular weight is 331 g/mol. The van der Waals surface area contributed by atoms with Crippen molar-refractivity contribution in [3.8, 4) is 5.75 Å². The van der Waals surface area contributed by atoms with Crippen molar-refractivity contribution in [2.24, 2.45) is 0 Å². The summed E-state index contributed by atoms with van der Waals surface area (Å²) in [5, 5.41) is 12.1. The van der Waals surface area contributed by atoms with Crippen LogP contribution in [-0.2, 0) is 0 Å². The minimum atomic E-state index is -0.393. The molecule has 0 radical (unpaired) electrons. The van der Waals surface area contributed by atoms with Crippen molar-refractivity contribution in [3.05, 3.63) is 53.8 Å². The number of ether oxygens (including phenoxy) is 1. The lowest BCUT2D eigenvalue weighted by atomic mass is 10.2. The highest BCUT2D eigenvalue weighted by Gasteiger charge is 2.14. The van der Waals surface area contributed by atoms with Gasteiger partial charge >= 0.3 is 6.03 Å². The Bertz CT molecular complexity index is 792. The molecule has 0 bridgehead atoms. The SMILES string of the molecule is C=C1Nc2ccc(NC(=O)Nc3cc(Cl)ccc3OC)cc2N1. The molecule has 1 aliphatic rings. The second kappa shape index (κ2) is 6.10. The van der Waals surface area contributed by atoms with Gasteiger partial charge in [0.25, 0.3) is 0 Å². The highest BCUT2D eigenvalue weighted by atomic mass is 35.5. The second-order valence-corrected chi connectivity index (χ2v) is 5.35. The van der Waals surface area contributed by atoms with Gasteiger partial charge in [-0.15, -0.1) is 0 Å². The minimum Gasteiger partial charge on any atom is -0.495 e. The van der Waals surface area contributed by atoms with E-state index in [0.29, 0.717) is 28.0 Å². The van der Waals surface area contributed by atoms with E-state index in [4.69, 9.17) is 16.3 Å². The first kappa shape index (κ1) is 15.1. The Balaban J connectivity index is 1.72. The summed E-state index contributed by atoms with van der Waals surface area (Å²) < 4.78 is 5.19. The van der Waals surface area contributed by atoms with Crippen LogP contribution in [0.1, 0.15) is 0 Å². The van der Waals surface area contributed by atoms with Crippen LogP contribution in [-0.4, -0.2) is 13.1 Å². The van der Waals surface area contributed by atoms with E-state index in [1.807, 2.05) is 12.1 Å². The lowest BCUT2D eigenvalue weighted by Gasteiger charge is -2.12. The van der Waals surface area contributed by atoms with Gasteiger partial charge in [0.05, 0.1) is 24.2 Å². The van der Waals surface area contributed by atoms with Crippen LogP contribution in [0.4, 0.5) is 27.5 Å². The lowest BCUT2D eigenvalue weighted by molar-refractivity contribution is 0.262. The molecule has 2 amide bonds. The molecule has 0 saturated carbocycles. The third-order valence-corrected chi connectivity index (χ3v) is 3.49. The Morgan fingerprint density at radius 1 is 1.13 bits per heavy atom. The number of rotatable bonds is 3. The third-order valence-electron chi connectivity index (χ3n) is 3.26. The molecule has 118 valence electrons. The molecular weight excluding hydrogens is 316 g/mol. The van der Waals surface area contributed by atoms with Crippen molar-refractivity contribution in [2.45, 2.75) is 0 Å². The Labute approximate surface area is 138 Å². The quantitative estimate of drug-likeness (QED) is 0.677. The first-order valence-electron chi connectivity index (χ1n) is 6.84. The van der Waals surface area contributed by atoms with Crippen LogP contribution < -0.4 is 26.0 Å². The zero-order valence-corrected chi connectivity index (χ0v) is 13.1. The van der Waals surface area contributed by atoms with Gasteiger partial charge in [-0.2, -0.15) is 0 Å². The summed E-state index contributed by atoms with van der Waals surface area (Å²) in [5.41, 5.74) is 2.91. The number of hydrogen-bond acceptors (Lipinski definition) is 4. The molecule has 7 heteroatoms. The van der Waals surface area contributed by atoms with Crippen molar-refractivity contribution in [3.63, 3.8) is 0 Å². The number of hydrogen-bond donors (Lipinski definition) is 4. The van der Waals surface area contributed by atoms with Gasteiger partial charge in [-0.25, -0.2) is 4.79 Å². The standard InChI is InChI=1S/C16H15ClN4O2/c1-9-18-12-5-4-11(8-13(12)19-9)20-16(22)21-14-7-10(17)3-6-15(14)23-2/h3-8,18-19H,1H2,2H3,(H2,20,21,22). The van der Waals surface area contributed by atoms with Crippen LogP contribution in [0.15, 0.2) is 48.8 Å². The second-order valence-electron chi connectivity index (χ2n) is 4.91. The van der Waals surface area contributed by atoms with Gasteiger partial charge < -0.3 is 26.0 Å². The van der Waals surface area contributed by atoms with Gasteiger partial charge in [-0.3, -0.25) is 0 Å². The maximum Gasteiger partial charge on any atom is 0.323 e. The number of anilines is 4. The molecule has 0 spiro atoms. The van der Waals surface area contributed by atoms with Crippen LogP contribution in [0.25, 0.3) is 0 Å². The van der Waals surface area contributed by atoms with Gasteiger partial charge in [-0.1, -0.05) is 18.2 Å². The fourth-order valence-corrected chi connectivity index (χ4v) is 2.43. The maximum atomic E-state index is 12.2. The number of halogens is 1. The van der Waals surface area contributed by atoms with E-state index in [-0.39, 0.29) is 0 Å². The summed E-state index contributed by atoms with van der Waals surface area (Å²) in [6.07, 6.45) is 0. The predicted molar refractivity (Wildman–Crippen MR) is 93.5 cm³/mol. The third kappa shape index (κ3) is 3.32. The Morgan fingerprint density at radius 3 is 2.70 bits per heavy atom. The predicted octanol–water partition coefficient (Wildman–Crippen LogP) is 4.30. The molecule has 3 rings (SSSR count). The van der Waals surface area contributed by atoms with Crippen molar-refractivity contribution in [1.82, 2.24) is 0 Å². The number of methoxy groups -OCH3 is 1. The minimum absolute atomic E-state index is 0.393. The summed E-state index contributed by atoms with van der Waals surface area (Å²) in [5.74, 6) is 1.23. The summed E-state index contributed by atoms with van der Waals surface area (Å²) in [6, 6.07) is 10.1. The van der Waals surface area contributed by atoms with Crippen LogP contribution in [0, 0.1) is 0 Å². The van der Waals surface area contributed by atoms with Gasteiger partial charge in [0, 0.05) is 10.7 Å². The zero-order chi connectivity index (χ0) is 16.4. The number of carbonyl (C=O) groups is 1. The maximum absolute atomic E-state index is 12.2. The fraction of sp³-hybridized carbons (Fsp3) is 0.0625. The van der Waals surface area contributed by atoms with Crippen molar-refractivity contribution < 1.29 is 9.53 Å². The van der Waals surface area contributed by atoms with Crippen LogP contribution in [0.5, 0.6) is 5.75 Å². The van der Waals surface area contributed by atoms with E-state index >= 15 is 0 Å². The normalized spacial score (nSPS) is 12.0. The van der Waals surface area contributed by atoms with Gasteiger partial charge in [0.15, 0.2) is 0 Å². The van der Waals surface area contributed by atoms with E-state index in [1.165, 1.54) is 7.11 Å². The van der Waals surface area contributed by atoms with Crippen molar-refractivity contribution in [1.29, 1.82) is 0 Å². The Kier molecular flexibility index (Phi) is 3.99. The van der Waals surface area contributed by atoms with Crippen LogP contribution in [0.3, 0.4) is 0 Å². The lowest BCUT2D eigenvalue weighted by Crippen LogP contribution is -2.19. The molecule has 1 aliphatic heterocycles. The number of benzene rings is 2. The average Bonchev–Trinajstić information content (AvgIpc) is 2.86. The van der Waals surface area contributed by atoms with Gasteiger partial charge in [0.1, 0.15) is 11.6 Å². The van der Waals surface area contributed by atoms with E-state index in [9.17, 15) is 4.79 Å². The largest absolute Gasteiger partial charge is 0.495 e. The summed E-state index contributed by atoms with van der Waals surface area (Å²) in [6.45, 7) is 3.79. The molecule has 0 aliphatic carbocycles. The smallest absolute Gasteiger partial charge is 0.323 e. The van der Waals surface area contributed by atoms with Crippen molar-refractivity contribution in [2.75, 3.05) is 28.4 Å². The molecule has 0 aromatic heterocycles. The van der Waals surface area contributed by atoms with Crippen LogP contribution >= 0.6 is 11.6 Å². The highest BCUT2D eigenvalue weighted by molar-refractivity contribution is 6.31. The van der Waals surface area contributed by atoms with Crippen molar-refractivity contribution >= 4 is 40.4 Å². The van der Waals surface area contributed by atoms with E-state index in [0.717, 1.165) is 11.4 Å². The first-order chi connectivity index (χ1) is 11.0. The van der Waals surface area contributed by atoms with E-state index in [2.05, 4.69) is 27.8 Å². The number of nitrogens with one attached hydrogen (secondary N) is 4. The van der Waals surface area contributed by atoms with Gasteiger partial charge in [0.2, 0.25) is 0 Å². The molecule has 23 heavy (non-hydrogen) atoms. The van der Waals surface area contributed by atoms with Gasteiger partial charge in [-0.05, 0) is 36.4 Å². The molecule has 2 aromatic carbocycles. The highest BCUT2D eigenvalue weighted by Crippen LogP contribution is 2.32. The van der Waals surface area contributed by atoms with E-state index in [1.54, 1.807) is 24.3 Å². The number of fused-ring (bicyclic) bond motifs is 1.